The Morgan fingerprint density at radius 3 is 1.64 bits per heavy atom. The Kier molecular flexibility index (Phi) is 2.05. The van der Waals surface area contributed by atoms with Gasteiger partial charge in [0.05, 0.1) is 18.3 Å². The Hall–Kier alpha value is -0.180. The molecule has 0 aliphatic carbocycles. The van der Waals surface area contributed by atoms with Crippen LogP contribution in [0.1, 0.15) is 0 Å². The number of aromatic nitrogens is 4. The van der Waals surface area contributed by atoms with Crippen LogP contribution in [0.4, 0.5) is 0 Å². The lowest BCUT2D eigenvalue weighted by atomic mass is 10.3. The second-order valence-corrected chi connectivity index (χ2v) is 5.62. The van der Waals surface area contributed by atoms with Crippen molar-refractivity contribution in [2.24, 2.45) is 0 Å². The normalized spacial score (nSPS) is 11.6. The quantitative estimate of drug-likeness (QED) is 0.624. The minimum absolute atomic E-state index is 0.862. The summed E-state index contributed by atoms with van der Waals surface area (Å²) in [5.74, 6) is 0. The van der Waals surface area contributed by atoms with Gasteiger partial charge in [0.2, 0.25) is 0 Å². The summed E-state index contributed by atoms with van der Waals surface area (Å²) in [5.41, 5.74) is 1.72. The number of fused-ring (bicyclic) bond motifs is 2. The zero-order chi connectivity index (χ0) is 9.71. The van der Waals surface area contributed by atoms with Crippen LogP contribution in [0, 0.1) is 0 Å². The second-order valence-electron chi connectivity index (χ2n) is 2.53. The number of nitrogens with zero attached hydrogens (tertiary/aromatic N) is 4. The average Bonchev–Trinajstić information content (AvgIpc) is 2.82. The van der Waals surface area contributed by atoms with E-state index in [0.29, 0.717) is 0 Å². The lowest BCUT2D eigenvalue weighted by Gasteiger charge is -1.95. The highest BCUT2D eigenvalue weighted by molar-refractivity contribution is 9.11. The SMILES string of the molecule is Brc1c2nnsc2c(Br)c2nnsc12. The Morgan fingerprint density at radius 1 is 0.786 bits per heavy atom. The van der Waals surface area contributed by atoms with Gasteiger partial charge in [0.15, 0.2) is 0 Å². The van der Waals surface area contributed by atoms with Crippen LogP contribution in [0.15, 0.2) is 8.95 Å². The standard InChI is InChI=1S/C6Br2N4S2/c7-1-3-6(14-11-9-3)2(8)4-5(1)13-12-10-4. The topological polar surface area (TPSA) is 51.6 Å². The third-order valence-electron chi connectivity index (χ3n) is 1.79. The van der Waals surface area contributed by atoms with Crippen molar-refractivity contribution in [1.29, 1.82) is 0 Å². The summed E-state index contributed by atoms with van der Waals surface area (Å²) in [5, 5.41) is 8.10. The highest BCUT2D eigenvalue weighted by atomic mass is 79.9. The van der Waals surface area contributed by atoms with Gasteiger partial charge >= 0.3 is 0 Å². The largest absolute Gasteiger partial charge is 0.137 e. The fraction of sp³-hybridized carbons (Fsp3) is 0. The van der Waals surface area contributed by atoms with Crippen LogP contribution in [0.25, 0.3) is 20.4 Å². The van der Waals surface area contributed by atoms with Crippen LogP contribution in [-0.4, -0.2) is 19.2 Å². The lowest BCUT2D eigenvalue weighted by Crippen LogP contribution is -1.77. The first-order chi connectivity index (χ1) is 6.79. The van der Waals surface area contributed by atoms with Crippen molar-refractivity contribution in [2.45, 2.75) is 0 Å². The summed E-state index contributed by atoms with van der Waals surface area (Å²) in [7, 11) is 0. The van der Waals surface area contributed by atoms with Crippen LogP contribution in [0.2, 0.25) is 0 Å². The zero-order valence-electron chi connectivity index (χ0n) is 6.36. The van der Waals surface area contributed by atoms with Gasteiger partial charge in [-0.15, -0.1) is 10.2 Å². The minimum Gasteiger partial charge on any atom is -0.137 e. The van der Waals surface area contributed by atoms with Gasteiger partial charge in [-0.2, -0.15) is 0 Å². The Morgan fingerprint density at radius 2 is 1.21 bits per heavy atom. The lowest BCUT2D eigenvalue weighted by molar-refractivity contribution is 1.19. The fourth-order valence-corrected chi connectivity index (χ4v) is 4.02. The van der Waals surface area contributed by atoms with E-state index in [1.54, 1.807) is 0 Å². The molecule has 0 radical (unpaired) electrons. The molecule has 8 heteroatoms. The second kappa shape index (κ2) is 3.16. The van der Waals surface area contributed by atoms with Crippen LogP contribution in [-0.2, 0) is 0 Å². The van der Waals surface area contributed by atoms with Gasteiger partial charge in [-0.3, -0.25) is 0 Å². The summed E-state index contributed by atoms with van der Waals surface area (Å²) >= 11 is 9.67. The zero-order valence-corrected chi connectivity index (χ0v) is 11.2. The number of benzene rings is 1. The van der Waals surface area contributed by atoms with Crippen molar-refractivity contribution in [3.05, 3.63) is 8.95 Å². The van der Waals surface area contributed by atoms with E-state index in [2.05, 4.69) is 51.0 Å². The van der Waals surface area contributed by atoms with Gasteiger partial charge in [0.1, 0.15) is 11.0 Å². The van der Waals surface area contributed by atoms with Crippen LogP contribution >= 0.6 is 54.9 Å². The van der Waals surface area contributed by atoms with E-state index in [1.165, 1.54) is 23.1 Å². The molecular formula is C6Br2N4S2. The van der Waals surface area contributed by atoms with Crippen LogP contribution in [0.3, 0.4) is 0 Å². The van der Waals surface area contributed by atoms with E-state index in [-0.39, 0.29) is 0 Å². The Balaban J connectivity index is 2.72. The van der Waals surface area contributed by atoms with Gasteiger partial charge in [0, 0.05) is 0 Å². The molecule has 0 unspecified atom stereocenters. The molecule has 0 aliphatic heterocycles. The molecule has 14 heavy (non-hydrogen) atoms. The summed E-state index contributed by atoms with van der Waals surface area (Å²) in [6.07, 6.45) is 0. The molecule has 0 bridgehead atoms. The van der Waals surface area contributed by atoms with E-state index in [0.717, 1.165) is 29.4 Å². The Labute approximate surface area is 103 Å². The maximum Gasteiger partial charge on any atom is 0.122 e. The highest BCUT2D eigenvalue weighted by Crippen LogP contribution is 2.40. The molecule has 0 saturated carbocycles. The molecule has 3 aromatic rings. The molecule has 4 nitrogen and oxygen atoms in total. The first kappa shape index (κ1) is 9.08. The van der Waals surface area contributed by atoms with Gasteiger partial charge < -0.3 is 0 Å². The molecule has 1 aromatic carbocycles. The fourth-order valence-electron chi connectivity index (χ4n) is 1.17. The van der Waals surface area contributed by atoms with Crippen LogP contribution in [0.5, 0.6) is 0 Å². The van der Waals surface area contributed by atoms with E-state index in [9.17, 15) is 0 Å². The first-order valence-corrected chi connectivity index (χ1v) is 6.63. The third kappa shape index (κ3) is 1.08. The number of rotatable bonds is 0. The molecule has 0 spiro atoms. The van der Waals surface area contributed by atoms with E-state index in [4.69, 9.17) is 0 Å². The minimum atomic E-state index is 0.862. The van der Waals surface area contributed by atoms with Gasteiger partial charge in [0.25, 0.3) is 0 Å². The summed E-state index contributed by atoms with van der Waals surface area (Å²) < 4.78 is 11.7. The van der Waals surface area contributed by atoms with Crippen molar-refractivity contribution in [2.75, 3.05) is 0 Å². The monoisotopic (exact) mass is 350 g/mol. The van der Waals surface area contributed by atoms with Crippen LogP contribution < -0.4 is 0 Å². The van der Waals surface area contributed by atoms with Crippen molar-refractivity contribution < 1.29 is 0 Å². The van der Waals surface area contributed by atoms with Crippen molar-refractivity contribution in [1.82, 2.24) is 19.2 Å². The predicted molar refractivity (Wildman–Crippen MR) is 63.8 cm³/mol. The number of halogens is 2. The molecule has 0 fully saturated rings. The molecule has 0 N–H and O–H groups in total. The van der Waals surface area contributed by atoms with Crippen molar-refractivity contribution in [3.63, 3.8) is 0 Å². The molecule has 0 saturated heterocycles. The van der Waals surface area contributed by atoms with Gasteiger partial charge in [-0.05, 0) is 54.9 Å². The molecule has 0 atom stereocenters. The summed E-state index contributed by atoms with van der Waals surface area (Å²) in [6.45, 7) is 0. The molecule has 0 amide bonds. The van der Waals surface area contributed by atoms with Gasteiger partial charge in [-0.25, -0.2) is 0 Å². The number of hydrogen-bond acceptors (Lipinski definition) is 6. The maximum atomic E-state index is 4.05. The first-order valence-electron chi connectivity index (χ1n) is 3.50. The van der Waals surface area contributed by atoms with E-state index < -0.39 is 0 Å². The smallest absolute Gasteiger partial charge is 0.122 e. The molecule has 2 aromatic heterocycles. The van der Waals surface area contributed by atoms with Gasteiger partial charge in [-0.1, -0.05) is 8.98 Å². The molecular weight excluding hydrogens is 352 g/mol. The molecule has 3 rings (SSSR count). The summed E-state index contributed by atoms with van der Waals surface area (Å²) in [6, 6.07) is 0. The highest BCUT2D eigenvalue weighted by Gasteiger charge is 2.16. The molecule has 0 aliphatic rings. The maximum absolute atomic E-state index is 4.05. The van der Waals surface area contributed by atoms with E-state index >= 15 is 0 Å². The molecule has 2 heterocycles. The van der Waals surface area contributed by atoms with Crippen molar-refractivity contribution >= 4 is 75.4 Å². The predicted octanol–water partition coefficient (Wildman–Crippen LogP) is 3.22. The molecule has 70 valence electrons. The number of hydrogen-bond donors (Lipinski definition) is 0. The van der Waals surface area contributed by atoms with E-state index in [1.807, 2.05) is 0 Å². The summed E-state index contributed by atoms with van der Waals surface area (Å²) in [4.78, 5) is 0. The third-order valence-corrected chi connectivity index (χ3v) is 5.35. The Bertz CT molecular complexity index is 528. The average molecular weight is 352 g/mol. The van der Waals surface area contributed by atoms with Crippen molar-refractivity contribution in [3.8, 4) is 0 Å².